The lowest BCUT2D eigenvalue weighted by molar-refractivity contribution is -0.121. The molecule has 0 saturated heterocycles. The number of thioether (sulfide) groups is 1. The van der Waals surface area contributed by atoms with Crippen molar-refractivity contribution in [2.45, 2.75) is 23.5 Å². The van der Waals surface area contributed by atoms with Gasteiger partial charge in [0.15, 0.2) is 0 Å². The van der Waals surface area contributed by atoms with Gasteiger partial charge in [-0.15, -0.1) is 12.4 Å². The van der Waals surface area contributed by atoms with Crippen LogP contribution >= 0.6 is 24.2 Å². The third-order valence-electron chi connectivity index (χ3n) is 2.86. The van der Waals surface area contributed by atoms with Crippen molar-refractivity contribution in [3.05, 3.63) is 24.3 Å². The Labute approximate surface area is 154 Å². The van der Waals surface area contributed by atoms with Crippen molar-refractivity contribution in [3.63, 3.8) is 0 Å². The topological polar surface area (TPSA) is 101 Å². The standard InChI is InChI=1S/C13H18F3N3O3S2.ClH/c1-23-7-6-11(17)12(20)19-9-2-4-10(5-3-9)24(21,22)18-8-13(14,15)16;/h2-5,11,18H,6-8,17H2,1H3,(H,19,20);1H/t11-;/m0./s1. The number of nitrogens with one attached hydrogen (secondary N) is 2. The van der Waals surface area contributed by atoms with Crippen molar-refractivity contribution in [3.8, 4) is 0 Å². The SMILES string of the molecule is CSCC[C@H](N)C(=O)Nc1ccc(S(=O)(=O)NCC(F)(F)F)cc1.Cl. The largest absolute Gasteiger partial charge is 0.402 e. The van der Waals surface area contributed by atoms with E-state index in [9.17, 15) is 26.4 Å². The highest BCUT2D eigenvalue weighted by Crippen LogP contribution is 2.17. The lowest BCUT2D eigenvalue weighted by Gasteiger charge is -2.12. The molecule has 0 aliphatic rings. The molecule has 1 aromatic carbocycles. The average Bonchev–Trinajstić information content (AvgIpc) is 2.50. The quantitative estimate of drug-likeness (QED) is 0.595. The first kappa shape index (κ1) is 24.0. The van der Waals surface area contributed by atoms with Gasteiger partial charge in [0.2, 0.25) is 15.9 Å². The summed E-state index contributed by atoms with van der Waals surface area (Å²) in [5.41, 5.74) is 5.99. The third kappa shape index (κ3) is 8.77. The van der Waals surface area contributed by atoms with Crippen LogP contribution in [0.3, 0.4) is 0 Å². The van der Waals surface area contributed by atoms with E-state index in [1.54, 1.807) is 11.8 Å². The first-order chi connectivity index (χ1) is 11.0. The maximum absolute atomic E-state index is 12.1. The molecule has 1 aromatic rings. The summed E-state index contributed by atoms with van der Waals surface area (Å²) in [4.78, 5) is 11.5. The molecule has 0 heterocycles. The lowest BCUT2D eigenvalue weighted by Crippen LogP contribution is -2.36. The summed E-state index contributed by atoms with van der Waals surface area (Å²) in [6.45, 7) is -1.65. The van der Waals surface area contributed by atoms with Crippen LogP contribution in [0.25, 0.3) is 0 Å². The molecule has 0 bridgehead atoms. The van der Waals surface area contributed by atoms with Crippen molar-refractivity contribution in [1.82, 2.24) is 4.72 Å². The highest BCUT2D eigenvalue weighted by molar-refractivity contribution is 7.98. The van der Waals surface area contributed by atoms with Gasteiger partial charge < -0.3 is 11.1 Å². The minimum Gasteiger partial charge on any atom is -0.325 e. The van der Waals surface area contributed by atoms with Gasteiger partial charge in [-0.3, -0.25) is 4.79 Å². The molecule has 0 fully saturated rings. The van der Waals surface area contributed by atoms with Gasteiger partial charge in [-0.1, -0.05) is 0 Å². The number of anilines is 1. The number of rotatable bonds is 8. The predicted octanol–water partition coefficient (Wildman–Crippen LogP) is 1.97. The van der Waals surface area contributed by atoms with E-state index in [-0.39, 0.29) is 17.3 Å². The smallest absolute Gasteiger partial charge is 0.325 e. The number of hydrogen-bond donors (Lipinski definition) is 3. The number of amides is 1. The van der Waals surface area contributed by atoms with Gasteiger partial charge in [0.1, 0.15) is 6.54 Å². The van der Waals surface area contributed by atoms with Gasteiger partial charge in [0.05, 0.1) is 10.9 Å². The summed E-state index contributed by atoms with van der Waals surface area (Å²) in [5.74, 6) is 0.297. The van der Waals surface area contributed by atoms with Crippen molar-refractivity contribution >= 4 is 45.8 Å². The van der Waals surface area contributed by atoms with Crippen LogP contribution in [0, 0.1) is 0 Å². The molecule has 1 amide bonds. The van der Waals surface area contributed by atoms with Crippen molar-refractivity contribution in [1.29, 1.82) is 0 Å². The van der Waals surface area contributed by atoms with Crippen molar-refractivity contribution in [2.24, 2.45) is 5.73 Å². The van der Waals surface area contributed by atoms with E-state index < -0.39 is 34.7 Å². The van der Waals surface area contributed by atoms with Crippen LogP contribution in [-0.2, 0) is 14.8 Å². The summed E-state index contributed by atoms with van der Waals surface area (Å²) in [7, 11) is -4.28. The van der Waals surface area contributed by atoms with Crippen LogP contribution in [-0.4, -0.2) is 45.1 Å². The van der Waals surface area contributed by atoms with E-state index in [0.29, 0.717) is 12.1 Å². The fourth-order valence-corrected chi connectivity index (χ4v) is 3.09. The summed E-state index contributed by atoms with van der Waals surface area (Å²) >= 11 is 1.55. The Balaban J connectivity index is 0.00000576. The summed E-state index contributed by atoms with van der Waals surface area (Å²) in [5, 5.41) is 2.52. The Morgan fingerprint density at radius 2 is 1.84 bits per heavy atom. The molecule has 0 unspecified atom stereocenters. The van der Waals surface area contributed by atoms with Gasteiger partial charge in [0.25, 0.3) is 0 Å². The zero-order chi connectivity index (χ0) is 18.4. The molecule has 0 radical (unpaired) electrons. The number of nitrogens with two attached hydrogens (primary N) is 1. The number of alkyl halides is 3. The molecule has 0 saturated carbocycles. The molecular weight excluding hydrogens is 403 g/mol. The second-order valence-electron chi connectivity index (χ2n) is 4.84. The van der Waals surface area contributed by atoms with E-state index >= 15 is 0 Å². The third-order valence-corrected chi connectivity index (χ3v) is 4.93. The monoisotopic (exact) mass is 421 g/mol. The first-order valence-corrected chi connectivity index (χ1v) is 9.65. The van der Waals surface area contributed by atoms with Crippen LogP contribution in [0.1, 0.15) is 6.42 Å². The number of carbonyl (C=O) groups excluding carboxylic acids is 1. The molecule has 4 N–H and O–H groups in total. The fraction of sp³-hybridized carbons (Fsp3) is 0.462. The Hall–Kier alpha value is -1.01. The second kappa shape index (κ2) is 10.2. The normalized spacial score (nSPS) is 13.0. The molecular formula is C13H19ClF3N3O3S2. The number of carbonyl (C=O) groups is 1. The molecule has 25 heavy (non-hydrogen) atoms. The number of halogens is 4. The lowest BCUT2D eigenvalue weighted by atomic mass is 10.2. The Bertz CT molecular complexity index is 655. The van der Waals surface area contributed by atoms with E-state index in [0.717, 1.165) is 17.9 Å². The van der Waals surface area contributed by atoms with Gasteiger partial charge >= 0.3 is 6.18 Å². The summed E-state index contributed by atoms with van der Waals surface area (Å²) < 4.78 is 61.1. The summed E-state index contributed by atoms with van der Waals surface area (Å²) in [6.07, 6.45) is -2.27. The highest BCUT2D eigenvalue weighted by Gasteiger charge is 2.30. The zero-order valence-electron chi connectivity index (χ0n) is 13.2. The molecule has 0 aromatic heterocycles. The first-order valence-electron chi connectivity index (χ1n) is 6.77. The molecule has 1 rings (SSSR count). The van der Waals surface area contributed by atoms with Gasteiger partial charge in [-0.25, -0.2) is 13.1 Å². The van der Waals surface area contributed by atoms with Crippen molar-refractivity contribution in [2.75, 3.05) is 23.9 Å². The van der Waals surface area contributed by atoms with Crippen LogP contribution in [0.4, 0.5) is 18.9 Å². The second-order valence-corrected chi connectivity index (χ2v) is 7.59. The van der Waals surface area contributed by atoms with Crippen LogP contribution in [0.15, 0.2) is 29.2 Å². The average molecular weight is 422 g/mol. The number of sulfonamides is 1. The van der Waals surface area contributed by atoms with E-state index in [2.05, 4.69) is 5.32 Å². The maximum Gasteiger partial charge on any atom is 0.402 e. The molecule has 0 spiro atoms. The van der Waals surface area contributed by atoms with Crippen LogP contribution in [0.2, 0.25) is 0 Å². The predicted molar refractivity (Wildman–Crippen MR) is 94.5 cm³/mol. The van der Waals surface area contributed by atoms with Crippen molar-refractivity contribution < 1.29 is 26.4 Å². The van der Waals surface area contributed by atoms with E-state index in [1.807, 2.05) is 6.26 Å². The molecule has 1 atom stereocenters. The number of hydrogen-bond acceptors (Lipinski definition) is 5. The van der Waals surface area contributed by atoms with E-state index in [4.69, 9.17) is 5.73 Å². The fourth-order valence-electron chi connectivity index (χ4n) is 1.59. The number of benzene rings is 1. The van der Waals surface area contributed by atoms with Gasteiger partial charge in [-0.2, -0.15) is 24.9 Å². The van der Waals surface area contributed by atoms with Crippen LogP contribution < -0.4 is 15.8 Å². The van der Waals surface area contributed by atoms with E-state index in [1.165, 1.54) is 16.9 Å². The summed E-state index contributed by atoms with van der Waals surface area (Å²) in [6, 6.07) is 4.06. The Morgan fingerprint density at radius 3 is 2.32 bits per heavy atom. The minimum atomic E-state index is -4.64. The van der Waals surface area contributed by atoms with Crippen LogP contribution in [0.5, 0.6) is 0 Å². The molecule has 144 valence electrons. The Morgan fingerprint density at radius 1 is 1.28 bits per heavy atom. The molecule has 0 aliphatic heterocycles. The minimum absolute atomic E-state index is 0. The maximum atomic E-state index is 12.1. The Kier molecular flexibility index (Phi) is 9.80. The molecule has 0 aliphatic carbocycles. The molecule has 12 heteroatoms. The van der Waals surface area contributed by atoms with Gasteiger partial charge in [0, 0.05) is 5.69 Å². The highest BCUT2D eigenvalue weighted by atomic mass is 35.5. The molecule has 6 nitrogen and oxygen atoms in total. The van der Waals surface area contributed by atoms with Gasteiger partial charge in [-0.05, 0) is 42.7 Å². The zero-order valence-corrected chi connectivity index (χ0v) is 15.6.